The van der Waals surface area contributed by atoms with Gasteiger partial charge in [-0.1, -0.05) is 38.8 Å². The van der Waals surface area contributed by atoms with Gasteiger partial charge >= 0.3 is 0 Å². The first-order valence-electron chi connectivity index (χ1n) is 16.4. The van der Waals surface area contributed by atoms with Crippen LogP contribution in [0.3, 0.4) is 0 Å². The van der Waals surface area contributed by atoms with E-state index in [1.807, 2.05) is 43.3 Å². The van der Waals surface area contributed by atoms with E-state index in [-0.39, 0.29) is 11.8 Å². The number of unbranched alkanes of at least 4 members (excludes halogenated alkanes) is 1. The highest BCUT2D eigenvalue weighted by Gasteiger charge is 2.42. The fraction of sp³-hybridized carbons (Fsp3) is 0.618. The van der Waals surface area contributed by atoms with Crippen LogP contribution in [0.25, 0.3) is 0 Å². The zero-order chi connectivity index (χ0) is 30.7. The average molecular weight is 627 g/mol. The number of anilines is 2. The molecule has 4 aliphatic rings. The van der Waals surface area contributed by atoms with Crippen molar-refractivity contribution in [3.05, 3.63) is 53.6 Å². The molecule has 3 saturated heterocycles. The molecule has 7 nitrogen and oxygen atoms in total. The van der Waals surface area contributed by atoms with E-state index >= 15 is 0 Å². The van der Waals surface area contributed by atoms with E-state index in [0.717, 1.165) is 67.1 Å². The third-order valence-electron chi connectivity index (χ3n) is 10.4. The monoisotopic (exact) mass is 626 g/mol. The predicted molar refractivity (Wildman–Crippen MR) is 183 cm³/mol. The minimum atomic E-state index is -3.49. The molecule has 0 saturated carbocycles. The van der Waals surface area contributed by atoms with Gasteiger partial charge in [-0.2, -0.15) is 0 Å². The molecule has 2 bridgehead atoms. The van der Waals surface area contributed by atoms with Crippen LogP contribution in [-0.4, -0.2) is 76.1 Å². The Morgan fingerprint density at radius 1 is 1.07 bits per heavy atom. The highest BCUT2D eigenvalue weighted by atomic mass is 32.2. The molecule has 2 aromatic rings. The summed E-state index contributed by atoms with van der Waals surface area (Å²) in [5.41, 5.74) is 3.22. The van der Waals surface area contributed by atoms with Crippen molar-refractivity contribution in [3.63, 3.8) is 0 Å². The van der Waals surface area contributed by atoms with E-state index < -0.39 is 15.4 Å². The number of hydrogen-bond donors (Lipinski definition) is 3. The Kier molecular flexibility index (Phi) is 10.1. The van der Waals surface area contributed by atoms with Crippen molar-refractivity contribution in [2.75, 3.05) is 62.8 Å². The first kappa shape index (κ1) is 32.2. The molecule has 0 aliphatic carbocycles. The van der Waals surface area contributed by atoms with Crippen molar-refractivity contribution in [2.45, 2.75) is 81.7 Å². The van der Waals surface area contributed by atoms with Crippen molar-refractivity contribution in [2.24, 2.45) is 5.92 Å². The fourth-order valence-electron chi connectivity index (χ4n) is 7.55. The van der Waals surface area contributed by atoms with Crippen molar-refractivity contribution in [3.8, 4) is 0 Å². The van der Waals surface area contributed by atoms with Gasteiger partial charge < -0.3 is 20.0 Å². The number of quaternary nitrogens is 1. The SMILES string of the molecule is CCCCC1(CC)CS(=O)(=O)c2ccc(N(C)C)cc2C(c2cccc(NC(=S)NCCC[N+]34CCC(CC3)CC4)c2)N1. The van der Waals surface area contributed by atoms with Gasteiger partial charge in [-0.05, 0) is 91.7 Å². The number of piperidine rings is 3. The molecule has 6 rings (SSSR count). The van der Waals surface area contributed by atoms with Crippen LogP contribution in [0, 0.1) is 5.92 Å². The lowest BCUT2D eigenvalue weighted by Gasteiger charge is -2.49. The average Bonchev–Trinajstić information content (AvgIpc) is 3.11. The molecule has 0 amide bonds. The maximum absolute atomic E-state index is 13.9. The van der Waals surface area contributed by atoms with Crippen LogP contribution in [0.4, 0.5) is 11.4 Å². The van der Waals surface area contributed by atoms with Crippen LogP contribution in [0.5, 0.6) is 0 Å². The zero-order valence-electron chi connectivity index (χ0n) is 26.6. The lowest BCUT2D eigenvalue weighted by atomic mass is 9.85. The molecule has 3 N–H and O–H groups in total. The van der Waals surface area contributed by atoms with Gasteiger partial charge in [0.1, 0.15) is 0 Å². The van der Waals surface area contributed by atoms with Gasteiger partial charge in [0, 0.05) is 44.0 Å². The van der Waals surface area contributed by atoms with Crippen LogP contribution < -0.4 is 20.9 Å². The van der Waals surface area contributed by atoms with Crippen LogP contribution in [0.15, 0.2) is 47.4 Å². The molecule has 236 valence electrons. The Bertz CT molecular complexity index is 1370. The summed E-state index contributed by atoms with van der Waals surface area (Å²) < 4.78 is 29.1. The third-order valence-corrected chi connectivity index (χ3v) is 12.6. The highest BCUT2D eigenvalue weighted by Crippen LogP contribution is 2.40. The molecule has 3 fully saturated rings. The van der Waals surface area contributed by atoms with Crippen molar-refractivity contribution >= 4 is 38.5 Å². The Morgan fingerprint density at radius 3 is 2.49 bits per heavy atom. The smallest absolute Gasteiger partial charge is 0.180 e. The van der Waals surface area contributed by atoms with Crippen molar-refractivity contribution in [1.82, 2.24) is 10.6 Å². The van der Waals surface area contributed by atoms with Crippen LogP contribution in [-0.2, 0) is 9.84 Å². The summed E-state index contributed by atoms with van der Waals surface area (Å²) >= 11 is 5.71. The maximum Gasteiger partial charge on any atom is 0.180 e. The van der Waals surface area contributed by atoms with Crippen LogP contribution in [0.2, 0.25) is 0 Å². The molecule has 43 heavy (non-hydrogen) atoms. The Labute approximate surface area is 265 Å². The molecule has 0 aromatic heterocycles. The van der Waals surface area contributed by atoms with Gasteiger partial charge in [0.2, 0.25) is 0 Å². The second-order valence-electron chi connectivity index (χ2n) is 13.5. The number of nitrogens with one attached hydrogen (secondary N) is 3. The molecule has 4 aliphatic heterocycles. The summed E-state index contributed by atoms with van der Waals surface area (Å²) in [7, 11) is 0.485. The highest BCUT2D eigenvalue weighted by molar-refractivity contribution is 7.91. The van der Waals surface area contributed by atoms with Gasteiger partial charge in [-0.3, -0.25) is 5.32 Å². The van der Waals surface area contributed by atoms with Gasteiger partial charge in [-0.15, -0.1) is 0 Å². The molecule has 0 spiro atoms. The van der Waals surface area contributed by atoms with E-state index in [1.165, 1.54) is 49.9 Å². The maximum atomic E-state index is 13.9. The molecule has 2 aromatic carbocycles. The van der Waals surface area contributed by atoms with Crippen molar-refractivity contribution in [1.29, 1.82) is 0 Å². The largest absolute Gasteiger partial charge is 0.378 e. The standard InChI is InChI=1S/C34H51N5O2S2/c1-5-7-17-34(6-2)25-43(40,41)31-13-12-29(38(3)4)24-30(31)32(37-34)27-10-8-11-28(23-27)36-33(42)35-18-9-19-39-20-14-26(15-21-39)16-22-39/h8,10-13,23-24,26,32,37H,5-7,9,14-22,25H2,1-4H3,(H-,35,36,42)/p+1. The first-order valence-corrected chi connectivity index (χ1v) is 18.5. The Morgan fingerprint density at radius 2 is 1.81 bits per heavy atom. The quantitative estimate of drug-likeness (QED) is 0.164. The second kappa shape index (κ2) is 13.4. The molecule has 2 atom stereocenters. The number of thiocarbonyl (C=S) groups is 1. The van der Waals surface area contributed by atoms with E-state index in [9.17, 15) is 8.42 Å². The predicted octanol–water partition coefficient (Wildman–Crippen LogP) is 5.86. The fourth-order valence-corrected chi connectivity index (χ4v) is 9.90. The number of fused-ring (bicyclic) bond motifs is 4. The van der Waals surface area contributed by atoms with Crippen LogP contribution in [0.1, 0.15) is 82.4 Å². The number of benzene rings is 2. The molecule has 2 unspecified atom stereocenters. The molecule has 9 heteroatoms. The van der Waals surface area contributed by atoms with E-state index in [0.29, 0.717) is 10.0 Å². The summed E-state index contributed by atoms with van der Waals surface area (Å²) in [5.74, 6) is 1.09. The molecular formula is C34H52N5O2S2+. The van der Waals surface area contributed by atoms with Gasteiger partial charge in [0.15, 0.2) is 14.9 Å². The zero-order valence-corrected chi connectivity index (χ0v) is 28.3. The Balaban J connectivity index is 1.34. The topological polar surface area (TPSA) is 73.5 Å². The van der Waals surface area contributed by atoms with Gasteiger partial charge in [0.05, 0.1) is 42.9 Å². The summed E-state index contributed by atoms with van der Waals surface area (Å²) in [4.78, 5) is 2.46. The van der Waals surface area contributed by atoms with Crippen molar-refractivity contribution < 1.29 is 12.9 Å². The molecule has 4 heterocycles. The van der Waals surface area contributed by atoms with E-state index in [4.69, 9.17) is 12.2 Å². The molecular weight excluding hydrogens is 575 g/mol. The van der Waals surface area contributed by atoms with E-state index in [1.54, 1.807) is 6.07 Å². The number of nitrogens with zero attached hydrogens (tertiary/aromatic N) is 2. The summed E-state index contributed by atoms with van der Waals surface area (Å²) in [5, 5.41) is 11.4. The lowest BCUT2D eigenvalue weighted by Crippen LogP contribution is -2.58. The summed E-state index contributed by atoms with van der Waals surface area (Å²) in [6.45, 7) is 10.4. The normalized spacial score (nSPS) is 27.6. The summed E-state index contributed by atoms with van der Waals surface area (Å²) in [6, 6.07) is 13.8. The number of hydrogen-bond acceptors (Lipinski definition) is 5. The number of sulfone groups is 1. The molecule has 0 radical (unpaired) electrons. The third kappa shape index (κ3) is 7.38. The van der Waals surface area contributed by atoms with E-state index in [2.05, 4.69) is 41.9 Å². The lowest BCUT2D eigenvalue weighted by molar-refractivity contribution is -0.942. The first-order chi connectivity index (χ1) is 20.6. The van der Waals surface area contributed by atoms with Gasteiger partial charge in [0.25, 0.3) is 0 Å². The Hall–Kier alpha value is -2.20. The minimum Gasteiger partial charge on any atom is -0.378 e. The number of rotatable bonds is 11. The minimum absolute atomic E-state index is 0.105. The van der Waals surface area contributed by atoms with Crippen LogP contribution >= 0.6 is 12.2 Å². The summed E-state index contributed by atoms with van der Waals surface area (Å²) in [6.07, 6.45) is 8.90. The van der Waals surface area contributed by atoms with Gasteiger partial charge in [-0.25, -0.2) is 8.42 Å². The second-order valence-corrected chi connectivity index (χ2v) is 15.9.